The van der Waals surface area contributed by atoms with E-state index < -0.39 is 5.69 Å². The fraction of sp³-hybridized carbons (Fsp3) is 0.261. The Hall–Kier alpha value is -4.01. The lowest BCUT2D eigenvalue weighted by Gasteiger charge is -2.12. The summed E-state index contributed by atoms with van der Waals surface area (Å²) < 4.78 is 14.7. The molecule has 2 aromatic heterocycles. The second kappa shape index (κ2) is 8.62. The maximum Gasteiger partial charge on any atom is 0.332 e. The lowest BCUT2D eigenvalue weighted by molar-refractivity contribution is 0.414. The molecule has 1 N–H and O–H groups in total. The molecular weight excluding hydrogens is 410 g/mol. The first-order valence-corrected chi connectivity index (χ1v) is 10.1. The molecule has 0 radical (unpaired) electrons. The van der Waals surface area contributed by atoms with Gasteiger partial charge in [0.15, 0.2) is 11.2 Å². The van der Waals surface area contributed by atoms with Gasteiger partial charge in [-0.3, -0.25) is 18.5 Å². The first-order valence-electron chi connectivity index (χ1n) is 10.1. The standard InChI is InChI=1S/C23H25N5O4/c1-26-20-19(21(29)27(2)23(26)30)28(14-16-7-11-18(32-4)12-8-16)22(25-20)24-13-15-5-9-17(31-3)10-6-15/h5-12H,13-14H2,1-4H3,(H,24,25). The van der Waals surface area contributed by atoms with E-state index in [9.17, 15) is 9.59 Å². The van der Waals surface area contributed by atoms with E-state index in [0.717, 1.165) is 27.2 Å². The highest BCUT2D eigenvalue weighted by Gasteiger charge is 2.19. The number of rotatable bonds is 7. The maximum atomic E-state index is 13.0. The van der Waals surface area contributed by atoms with Gasteiger partial charge in [0.2, 0.25) is 5.95 Å². The van der Waals surface area contributed by atoms with Crippen LogP contribution in [0.1, 0.15) is 11.1 Å². The maximum absolute atomic E-state index is 13.0. The van der Waals surface area contributed by atoms with Crippen LogP contribution in [0.3, 0.4) is 0 Å². The van der Waals surface area contributed by atoms with E-state index in [1.54, 1.807) is 21.3 Å². The summed E-state index contributed by atoms with van der Waals surface area (Å²) in [6, 6.07) is 15.3. The van der Waals surface area contributed by atoms with Crippen LogP contribution in [-0.2, 0) is 27.2 Å². The van der Waals surface area contributed by atoms with Crippen molar-refractivity contribution in [1.29, 1.82) is 0 Å². The Labute approximate surface area is 184 Å². The Morgan fingerprint density at radius 3 is 1.97 bits per heavy atom. The van der Waals surface area contributed by atoms with Crippen molar-refractivity contribution in [3.63, 3.8) is 0 Å². The van der Waals surface area contributed by atoms with Gasteiger partial charge < -0.3 is 14.8 Å². The highest BCUT2D eigenvalue weighted by molar-refractivity contribution is 5.74. The molecule has 0 atom stereocenters. The first-order chi connectivity index (χ1) is 15.4. The molecule has 9 heteroatoms. The quantitative estimate of drug-likeness (QED) is 0.478. The Kier molecular flexibility index (Phi) is 5.72. The summed E-state index contributed by atoms with van der Waals surface area (Å²) in [4.78, 5) is 30.0. The summed E-state index contributed by atoms with van der Waals surface area (Å²) in [5, 5.41) is 3.32. The number of methoxy groups -OCH3 is 2. The molecule has 0 aliphatic rings. The molecular formula is C23H25N5O4. The minimum Gasteiger partial charge on any atom is -0.497 e. The molecule has 0 aliphatic heterocycles. The van der Waals surface area contributed by atoms with E-state index in [-0.39, 0.29) is 5.56 Å². The van der Waals surface area contributed by atoms with Gasteiger partial charge in [0.25, 0.3) is 5.56 Å². The van der Waals surface area contributed by atoms with Gasteiger partial charge in [-0.2, -0.15) is 4.98 Å². The third kappa shape index (κ3) is 3.84. The molecule has 0 unspecified atom stereocenters. The Morgan fingerprint density at radius 1 is 0.844 bits per heavy atom. The molecule has 0 fully saturated rings. The predicted octanol–water partition coefficient (Wildman–Crippen LogP) is 2.11. The van der Waals surface area contributed by atoms with Crippen LogP contribution >= 0.6 is 0 Å². The van der Waals surface area contributed by atoms with Gasteiger partial charge >= 0.3 is 5.69 Å². The highest BCUT2D eigenvalue weighted by atomic mass is 16.5. The Balaban J connectivity index is 1.78. The first kappa shape index (κ1) is 21.2. The number of anilines is 1. The smallest absolute Gasteiger partial charge is 0.332 e. The zero-order valence-electron chi connectivity index (χ0n) is 18.5. The van der Waals surface area contributed by atoms with Crippen LogP contribution in [0.4, 0.5) is 5.95 Å². The zero-order chi connectivity index (χ0) is 22.8. The number of ether oxygens (including phenoxy) is 2. The summed E-state index contributed by atoms with van der Waals surface area (Å²) in [6.07, 6.45) is 0. The number of imidazole rings is 1. The molecule has 0 saturated carbocycles. The average molecular weight is 435 g/mol. The van der Waals surface area contributed by atoms with Gasteiger partial charge in [0.1, 0.15) is 11.5 Å². The van der Waals surface area contributed by atoms with Crippen molar-refractivity contribution in [2.45, 2.75) is 13.1 Å². The molecule has 4 rings (SSSR count). The van der Waals surface area contributed by atoms with Crippen LogP contribution in [0.15, 0.2) is 58.1 Å². The van der Waals surface area contributed by atoms with Crippen molar-refractivity contribution in [2.75, 3.05) is 19.5 Å². The lowest BCUT2D eigenvalue weighted by Crippen LogP contribution is -2.37. The van der Waals surface area contributed by atoms with E-state index in [1.165, 1.54) is 11.6 Å². The van der Waals surface area contributed by atoms with Crippen LogP contribution in [-0.4, -0.2) is 32.9 Å². The van der Waals surface area contributed by atoms with Crippen LogP contribution in [0.2, 0.25) is 0 Å². The van der Waals surface area contributed by atoms with Gasteiger partial charge in [-0.25, -0.2) is 4.79 Å². The highest BCUT2D eigenvalue weighted by Crippen LogP contribution is 2.20. The van der Waals surface area contributed by atoms with Crippen LogP contribution in [0.5, 0.6) is 11.5 Å². The van der Waals surface area contributed by atoms with E-state index in [1.807, 2.05) is 53.1 Å². The van der Waals surface area contributed by atoms with E-state index >= 15 is 0 Å². The minimum absolute atomic E-state index is 0.337. The number of benzene rings is 2. The lowest BCUT2D eigenvalue weighted by atomic mass is 10.2. The van der Waals surface area contributed by atoms with Crippen molar-refractivity contribution in [3.05, 3.63) is 80.5 Å². The van der Waals surface area contributed by atoms with Gasteiger partial charge in [0.05, 0.1) is 20.8 Å². The molecule has 32 heavy (non-hydrogen) atoms. The number of aromatic nitrogens is 4. The molecule has 0 bridgehead atoms. The summed E-state index contributed by atoms with van der Waals surface area (Å²) in [7, 11) is 6.32. The predicted molar refractivity (Wildman–Crippen MR) is 123 cm³/mol. The summed E-state index contributed by atoms with van der Waals surface area (Å²) in [5.41, 5.74) is 1.88. The molecule has 2 heterocycles. The Bertz CT molecular complexity index is 1370. The third-order valence-corrected chi connectivity index (χ3v) is 5.46. The number of nitrogens with zero attached hydrogens (tertiary/aromatic N) is 4. The third-order valence-electron chi connectivity index (χ3n) is 5.46. The van der Waals surface area contributed by atoms with Crippen LogP contribution in [0.25, 0.3) is 11.2 Å². The normalized spacial score (nSPS) is 11.0. The summed E-state index contributed by atoms with van der Waals surface area (Å²) in [6.45, 7) is 0.892. The average Bonchev–Trinajstić information content (AvgIpc) is 3.19. The molecule has 2 aromatic carbocycles. The largest absolute Gasteiger partial charge is 0.497 e. The van der Waals surface area contributed by atoms with E-state index in [4.69, 9.17) is 9.47 Å². The van der Waals surface area contributed by atoms with Crippen molar-refractivity contribution >= 4 is 17.1 Å². The topological polar surface area (TPSA) is 92.3 Å². The Morgan fingerprint density at radius 2 is 1.41 bits per heavy atom. The van der Waals surface area contributed by atoms with Crippen molar-refractivity contribution in [3.8, 4) is 11.5 Å². The molecule has 0 aliphatic carbocycles. The van der Waals surface area contributed by atoms with E-state index in [2.05, 4.69) is 10.3 Å². The molecule has 166 valence electrons. The van der Waals surface area contributed by atoms with Crippen molar-refractivity contribution < 1.29 is 9.47 Å². The number of fused-ring (bicyclic) bond motifs is 1. The molecule has 0 saturated heterocycles. The monoisotopic (exact) mass is 435 g/mol. The van der Waals surface area contributed by atoms with Gasteiger partial charge in [-0.15, -0.1) is 0 Å². The van der Waals surface area contributed by atoms with Gasteiger partial charge in [0, 0.05) is 20.6 Å². The fourth-order valence-electron chi connectivity index (χ4n) is 3.57. The van der Waals surface area contributed by atoms with Gasteiger partial charge in [-0.1, -0.05) is 24.3 Å². The minimum atomic E-state index is -0.418. The fourth-order valence-corrected chi connectivity index (χ4v) is 3.57. The van der Waals surface area contributed by atoms with Gasteiger partial charge in [-0.05, 0) is 35.4 Å². The summed E-state index contributed by atoms with van der Waals surface area (Å²) in [5.74, 6) is 2.03. The van der Waals surface area contributed by atoms with Crippen LogP contribution in [0, 0.1) is 0 Å². The number of hydrogen-bond donors (Lipinski definition) is 1. The zero-order valence-corrected chi connectivity index (χ0v) is 18.5. The van der Waals surface area contributed by atoms with E-state index in [0.29, 0.717) is 30.2 Å². The van der Waals surface area contributed by atoms with Crippen molar-refractivity contribution in [2.24, 2.45) is 14.1 Å². The molecule has 9 nitrogen and oxygen atoms in total. The second-order valence-corrected chi connectivity index (χ2v) is 7.45. The number of aryl methyl sites for hydroxylation is 1. The summed E-state index contributed by atoms with van der Waals surface area (Å²) >= 11 is 0. The SMILES string of the molecule is COc1ccc(CNc2nc3c(c(=O)n(C)c(=O)n3C)n2Cc2ccc(OC)cc2)cc1. The second-order valence-electron chi connectivity index (χ2n) is 7.45. The van der Waals surface area contributed by atoms with Crippen molar-refractivity contribution in [1.82, 2.24) is 18.7 Å². The molecule has 4 aromatic rings. The number of nitrogens with one attached hydrogen (secondary N) is 1. The molecule has 0 spiro atoms. The molecule has 0 amide bonds. The number of hydrogen-bond acceptors (Lipinski definition) is 6. The van der Waals surface area contributed by atoms with Crippen LogP contribution < -0.4 is 26.0 Å².